The molecule has 48 heavy (non-hydrogen) atoms. The fraction of sp³-hybridized carbons (Fsp3) is 0.0270. The Morgan fingerprint density at radius 3 is 1.81 bits per heavy atom. The number of carbonyl (C=O) groups is 4. The van der Waals surface area contributed by atoms with Crippen molar-refractivity contribution in [1.82, 2.24) is 5.32 Å². The molecule has 5 aromatic carbocycles. The molecule has 1 atom stereocenters. The lowest BCUT2D eigenvalue weighted by Gasteiger charge is -2.18. The number of carbonyl (C=O) groups excluding carboxylic acids is 4. The predicted octanol–water partition coefficient (Wildman–Crippen LogP) is 7.97. The van der Waals surface area contributed by atoms with Crippen LogP contribution in [-0.2, 0) is 9.59 Å². The number of anilines is 2. The normalized spacial score (nSPS) is 11.7. The molecule has 0 fully saturated rings. The van der Waals surface area contributed by atoms with Gasteiger partial charge in [0.15, 0.2) is 0 Å². The molecule has 0 aromatic heterocycles. The van der Waals surface area contributed by atoms with E-state index in [0.717, 1.165) is 10.5 Å². The first-order valence-electron chi connectivity index (χ1n) is 14.5. The summed E-state index contributed by atoms with van der Waals surface area (Å²) < 4.78 is 0. The number of thioether (sulfide) groups is 1. The summed E-state index contributed by atoms with van der Waals surface area (Å²) in [5, 5.41) is 8.38. The molecule has 0 saturated heterocycles. The molecule has 11 heteroatoms. The van der Waals surface area contributed by atoms with E-state index in [-0.39, 0.29) is 11.6 Å². The van der Waals surface area contributed by atoms with Crippen LogP contribution < -0.4 is 21.7 Å². The van der Waals surface area contributed by atoms with E-state index in [9.17, 15) is 19.2 Å². The first kappa shape index (κ1) is 34.0. The Kier molecular flexibility index (Phi) is 11.3. The van der Waals surface area contributed by atoms with Crippen LogP contribution in [-0.4, -0.2) is 23.6 Å². The van der Waals surface area contributed by atoms with Crippen molar-refractivity contribution in [2.24, 2.45) is 5.73 Å². The molecule has 0 spiro atoms. The fourth-order valence-corrected chi connectivity index (χ4v) is 6.04. The van der Waals surface area contributed by atoms with Gasteiger partial charge in [-0.1, -0.05) is 77.8 Å². The number of amides is 4. The average molecular weight is 696 g/mol. The highest BCUT2D eigenvalue weighted by atomic mass is 35.5. The van der Waals surface area contributed by atoms with Crippen LogP contribution in [0.3, 0.4) is 0 Å². The number of rotatable bonds is 11. The quantitative estimate of drug-likeness (QED) is 0.0823. The van der Waals surface area contributed by atoms with Gasteiger partial charge in [-0.05, 0) is 84.4 Å². The van der Waals surface area contributed by atoms with E-state index in [1.165, 1.54) is 17.8 Å². The van der Waals surface area contributed by atoms with Crippen molar-refractivity contribution in [3.05, 3.63) is 165 Å². The second-order valence-electron chi connectivity index (χ2n) is 10.3. The van der Waals surface area contributed by atoms with Crippen molar-refractivity contribution in [2.75, 3.05) is 10.6 Å². The second-order valence-corrected chi connectivity index (χ2v) is 12.3. The summed E-state index contributed by atoms with van der Waals surface area (Å²) in [6.07, 6.45) is 1.43. The molecule has 0 aliphatic heterocycles. The number of halogens is 2. The van der Waals surface area contributed by atoms with Crippen LogP contribution in [0.2, 0.25) is 10.0 Å². The Morgan fingerprint density at radius 2 is 1.21 bits per heavy atom. The molecule has 0 heterocycles. The van der Waals surface area contributed by atoms with Gasteiger partial charge in [0.05, 0.1) is 0 Å². The van der Waals surface area contributed by atoms with Crippen LogP contribution in [0.1, 0.15) is 37.1 Å². The van der Waals surface area contributed by atoms with Crippen molar-refractivity contribution in [3.63, 3.8) is 0 Å². The van der Waals surface area contributed by atoms with Crippen molar-refractivity contribution in [1.29, 1.82) is 0 Å². The van der Waals surface area contributed by atoms with Gasteiger partial charge in [0, 0.05) is 43.0 Å². The maximum absolute atomic E-state index is 13.5. The van der Waals surface area contributed by atoms with E-state index in [2.05, 4.69) is 16.0 Å². The monoisotopic (exact) mass is 694 g/mol. The second kappa shape index (κ2) is 16.0. The maximum atomic E-state index is 13.5. The van der Waals surface area contributed by atoms with E-state index in [0.29, 0.717) is 38.1 Å². The lowest BCUT2D eigenvalue weighted by Crippen LogP contribution is -2.30. The molecule has 5 aromatic rings. The van der Waals surface area contributed by atoms with E-state index in [1.54, 1.807) is 97.1 Å². The third kappa shape index (κ3) is 8.92. The molecule has 240 valence electrons. The summed E-state index contributed by atoms with van der Waals surface area (Å²) in [5.41, 5.74) is 8.09. The summed E-state index contributed by atoms with van der Waals surface area (Å²) in [7, 11) is 0. The van der Waals surface area contributed by atoms with Gasteiger partial charge in [0.1, 0.15) is 10.9 Å². The fourth-order valence-electron chi connectivity index (χ4n) is 4.51. The van der Waals surface area contributed by atoms with Crippen LogP contribution in [0.4, 0.5) is 11.4 Å². The zero-order valence-corrected chi connectivity index (χ0v) is 27.5. The number of nitrogens with two attached hydrogens (primary N) is 1. The highest BCUT2D eigenvalue weighted by Crippen LogP contribution is 2.37. The first-order valence-corrected chi connectivity index (χ1v) is 16.2. The summed E-state index contributed by atoms with van der Waals surface area (Å²) in [6, 6.07) is 36.0. The lowest BCUT2D eigenvalue weighted by molar-refractivity contribution is -0.116. The van der Waals surface area contributed by atoms with Crippen LogP contribution >= 0.6 is 35.0 Å². The molecule has 0 saturated carbocycles. The van der Waals surface area contributed by atoms with Gasteiger partial charge in [-0.2, -0.15) is 0 Å². The Bertz CT molecular complexity index is 1950. The Morgan fingerprint density at radius 1 is 0.646 bits per heavy atom. The molecule has 5 N–H and O–H groups in total. The minimum absolute atomic E-state index is 0.0676. The van der Waals surface area contributed by atoms with E-state index in [1.807, 2.05) is 30.3 Å². The largest absolute Gasteiger partial charge is 0.366 e. The van der Waals surface area contributed by atoms with E-state index in [4.69, 9.17) is 28.9 Å². The van der Waals surface area contributed by atoms with Gasteiger partial charge in [-0.25, -0.2) is 0 Å². The standard InChI is InChI=1S/C37H28Cl2N4O4S/c38-30-12-7-13-31(39)29(30)22-32(43-35(45)25-10-5-2-6-11-25)36(46)41-27-18-20-28(21-19-27)48-33(23-8-3-1-4-9-23)37(47)42-26-16-14-24(15-17-26)34(40)44/h1-22,33H,(H2,40,44)(H,41,46)(H,42,47)(H,43,45)/b32-22-. The highest BCUT2D eigenvalue weighted by molar-refractivity contribution is 8.00. The van der Waals surface area contributed by atoms with Crippen LogP contribution in [0.15, 0.2) is 138 Å². The first-order chi connectivity index (χ1) is 23.2. The maximum Gasteiger partial charge on any atom is 0.272 e. The van der Waals surface area contributed by atoms with Gasteiger partial charge in [-0.3, -0.25) is 19.2 Å². The van der Waals surface area contributed by atoms with E-state index < -0.39 is 23.0 Å². The zero-order valence-electron chi connectivity index (χ0n) is 25.2. The summed E-state index contributed by atoms with van der Waals surface area (Å²) in [5.74, 6) is -1.91. The van der Waals surface area contributed by atoms with Crippen molar-refractivity contribution in [2.45, 2.75) is 10.1 Å². The molecule has 1 unspecified atom stereocenters. The third-order valence-corrected chi connectivity index (χ3v) is 8.89. The highest BCUT2D eigenvalue weighted by Gasteiger charge is 2.23. The van der Waals surface area contributed by atoms with Crippen LogP contribution in [0.25, 0.3) is 6.08 Å². The van der Waals surface area contributed by atoms with Crippen molar-refractivity contribution >= 4 is 76.0 Å². The number of benzene rings is 5. The van der Waals surface area contributed by atoms with E-state index >= 15 is 0 Å². The number of nitrogens with one attached hydrogen (secondary N) is 3. The van der Waals surface area contributed by atoms with Gasteiger partial charge in [0.25, 0.3) is 11.8 Å². The van der Waals surface area contributed by atoms with Gasteiger partial charge < -0.3 is 21.7 Å². The minimum Gasteiger partial charge on any atom is -0.366 e. The summed E-state index contributed by atoms with van der Waals surface area (Å²) in [6.45, 7) is 0. The van der Waals surface area contributed by atoms with Crippen LogP contribution in [0, 0.1) is 0 Å². The topological polar surface area (TPSA) is 130 Å². The molecule has 8 nitrogen and oxygen atoms in total. The molecule has 0 radical (unpaired) electrons. The predicted molar refractivity (Wildman–Crippen MR) is 192 cm³/mol. The third-order valence-electron chi connectivity index (χ3n) is 6.96. The van der Waals surface area contributed by atoms with Crippen molar-refractivity contribution < 1.29 is 19.2 Å². The Hall–Kier alpha value is -5.35. The molecular formula is C37H28Cl2N4O4S. The minimum atomic E-state index is -0.620. The van der Waals surface area contributed by atoms with Crippen molar-refractivity contribution in [3.8, 4) is 0 Å². The van der Waals surface area contributed by atoms with Gasteiger partial charge in [0.2, 0.25) is 11.8 Å². The molecule has 4 amide bonds. The molecule has 0 aliphatic rings. The molecule has 0 bridgehead atoms. The van der Waals surface area contributed by atoms with Gasteiger partial charge >= 0.3 is 0 Å². The molecule has 0 aliphatic carbocycles. The van der Waals surface area contributed by atoms with Crippen LogP contribution in [0.5, 0.6) is 0 Å². The zero-order chi connectivity index (χ0) is 34.0. The Balaban J connectivity index is 1.34. The molecule has 5 rings (SSSR count). The lowest BCUT2D eigenvalue weighted by atomic mass is 10.1. The summed E-state index contributed by atoms with van der Waals surface area (Å²) >= 11 is 14.0. The summed E-state index contributed by atoms with van der Waals surface area (Å²) in [4.78, 5) is 52.2. The smallest absolute Gasteiger partial charge is 0.272 e. The number of hydrogen-bond donors (Lipinski definition) is 4. The van der Waals surface area contributed by atoms with Gasteiger partial charge in [-0.15, -0.1) is 11.8 Å². The number of hydrogen-bond acceptors (Lipinski definition) is 5. The average Bonchev–Trinajstić information content (AvgIpc) is 3.10. The number of primary amides is 1. The molecular weight excluding hydrogens is 667 g/mol. The SMILES string of the molecule is NC(=O)c1ccc(NC(=O)C(Sc2ccc(NC(=O)/C(=C/c3c(Cl)cccc3Cl)NC(=O)c3ccccc3)cc2)c2ccccc2)cc1. The Labute approximate surface area is 291 Å².